The highest BCUT2D eigenvalue weighted by Crippen LogP contribution is 2.29. The molecule has 1 unspecified atom stereocenters. The number of carbonyl (C=O) groups excluding carboxylic acids is 1. The van der Waals surface area contributed by atoms with Crippen LogP contribution in [0, 0.1) is 6.92 Å². The van der Waals surface area contributed by atoms with Crippen molar-refractivity contribution < 1.29 is 27.4 Å². The van der Waals surface area contributed by atoms with Crippen molar-refractivity contribution in [3.63, 3.8) is 0 Å². The predicted octanol–water partition coefficient (Wildman–Crippen LogP) is 2.87. The summed E-state index contributed by atoms with van der Waals surface area (Å²) in [5.74, 6) is 0.243. The number of benzene rings is 2. The van der Waals surface area contributed by atoms with Crippen LogP contribution in [0.25, 0.3) is 0 Å². The second kappa shape index (κ2) is 10.7. The standard InChI is InChI=1S/C24H31N3O6S/c1-17-5-6-18(14-23(17)31-2)24(28)26-22-15-20(34(29,30)27-9-12-32-13-10-27)7-8-21(22)25-16-19-4-3-11-33-19/h5-8,14-15,19,25H,3-4,9-13,16H2,1-2H3,(H,26,28). The molecule has 184 valence electrons. The zero-order valence-electron chi connectivity index (χ0n) is 19.5. The maximum atomic E-state index is 13.2. The number of anilines is 2. The Labute approximate surface area is 200 Å². The number of rotatable bonds is 8. The Hall–Kier alpha value is -2.66. The van der Waals surface area contributed by atoms with Gasteiger partial charge < -0.3 is 24.8 Å². The van der Waals surface area contributed by atoms with Gasteiger partial charge in [-0.1, -0.05) is 6.07 Å². The molecule has 2 aromatic carbocycles. The van der Waals surface area contributed by atoms with Gasteiger partial charge in [-0.15, -0.1) is 0 Å². The Balaban J connectivity index is 1.62. The molecule has 0 bridgehead atoms. The van der Waals surface area contributed by atoms with Crippen LogP contribution in [0.15, 0.2) is 41.3 Å². The zero-order chi connectivity index (χ0) is 24.1. The number of hydrogen-bond acceptors (Lipinski definition) is 7. The number of sulfonamides is 1. The molecular formula is C24H31N3O6S. The fourth-order valence-electron chi connectivity index (χ4n) is 4.06. The number of hydrogen-bond donors (Lipinski definition) is 2. The van der Waals surface area contributed by atoms with Crippen molar-refractivity contribution in [2.45, 2.75) is 30.8 Å². The first-order valence-electron chi connectivity index (χ1n) is 11.4. The first-order valence-corrected chi connectivity index (χ1v) is 12.9. The highest BCUT2D eigenvalue weighted by atomic mass is 32.2. The average Bonchev–Trinajstić information content (AvgIpc) is 3.37. The second-order valence-corrected chi connectivity index (χ2v) is 10.3. The van der Waals surface area contributed by atoms with Gasteiger partial charge in [0.1, 0.15) is 5.75 Å². The van der Waals surface area contributed by atoms with Crippen LogP contribution in [-0.2, 0) is 19.5 Å². The molecular weight excluding hydrogens is 458 g/mol. The fraction of sp³-hybridized carbons (Fsp3) is 0.458. The van der Waals surface area contributed by atoms with E-state index in [9.17, 15) is 13.2 Å². The van der Waals surface area contributed by atoms with Crippen molar-refractivity contribution >= 4 is 27.3 Å². The molecule has 0 saturated carbocycles. The number of nitrogens with one attached hydrogen (secondary N) is 2. The van der Waals surface area contributed by atoms with Crippen LogP contribution in [0.2, 0.25) is 0 Å². The summed E-state index contributed by atoms with van der Waals surface area (Å²) in [5, 5.41) is 6.19. The van der Waals surface area contributed by atoms with Crippen molar-refractivity contribution in [2.75, 3.05) is 57.2 Å². The summed E-state index contributed by atoms with van der Waals surface area (Å²) >= 11 is 0. The van der Waals surface area contributed by atoms with E-state index in [1.54, 1.807) is 31.4 Å². The summed E-state index contributed by atoms with van der Waals surface area (Å²) in [6.45, 7) is 4.52. The third-order valence-corrected chi connectivity index (χ3v) is 7.96. The van der Waals surface area contributed by atoms with Gasteiger partial charge in [0, 0.05) is 31.8 Å². The number of ether oxygens (including phenoxy) is 3. The molecule has 1 atom stereocenters. The maximum absolute atomic E-state index is 13.2. The molecule has 4 rings (SSSR count). The predicted molar refractivity (Wildman–Crippen MR) is 129 cm³/mol. The van der Waals surface area contributed by atoms with Crippen LogP contribution in [0.1, 0.15) is 28.8 Å². The van der Waals surface area contributed by atoms with Gasteiger partial charge in [-0.2, -0.15) is 4.31 Å². The second-order valence-electron chi connectivity index (χ2n) is 8.38. The smallest absolute Gasteiger partial charge is 0.255 e. The molecule has 2 aromatic rings. The molecule has 0 radical (unpaired) electrons. The number of nitrogens with zero attached hydrogens (tertiary/aromatic N) is 1. The number of carbonyl (C=O) groups is 1. The van der Waals surface area contributed by atoms with Crippen LogP contribution in [0.5, 0.6) is 5.75 Å². The molecule has 2 aliphatic heterocycles. The minimum absolute atomic E-state index is 0.0849. The maximum Gasteiger partial charge on any atom is 0.255 e. The highest BCUT2D eigenvalue weighted by Gasteiger charge is 2.27. The van der Waals surface area contributed by atoms with Crippen LogP contribution in [0.4, 0.5) is 11.4 Å². The Bertz CT molecular complexity index is 1130. The Kier molecular flexibility index (Phi) is 7.72. The molecule has 2 N–H and O–H groups in total. The first kappa shape index (κ1) is 24.5. The van der Waals surface area contributed by atoms with Gasteiger partial charge in [0.15, 0.2) is 0 Å². The average molecular weight is 490 g/mol. The van der Waals surface area contributed by atoms with Gasteiger partial charge in [-0.25, -0.2) is 8.42 Å². The van der Waals surface area contributed by atoms with Crippen LogP contribution in [-0.4, -0.2) is 71.3 Å². The Morgan fingerprint density at radius 3 is 2.62 bits per heavy atom. The highest BCUT2D eigenvalue weighted by molar-refractivity contribution is 7.89. The Morgan fingerprint density at radius 2 is 1.91 bits per heavy atom. The molecule has 2 fully saturated rings. The lowest BCUT2D eigenvalue weighted by Gasteiger charge is -2.26. The summed E-state index contributed by atoms with van der Waals surface area (Å²) in [6, 6.07) is 9.94. The van der Waals surface area contributed by atoms with Gasteiger partial charge in [0.2, 0.25) is 10.0 Å². The topological polar surface area (TPSA) is 106 Å². The third-order valence-electron chi connectivity index (χ3n) is 6.06. The molecule has 0 aromatic heterocycles. The fourth-order valence-corrected chi connectivity index (χ4v) is 5.50. The number of methoxy groups -OCH3 is 1. The lowest BCUT2D eigenvalue weighted by molar-refractivity contribution is 0.0730. The van der Waals surface area contributed by atoms with E-state index in [1.165, 1.54) is 10.4 Å². The van der Waals surface area contributed by atoms with Crippen molar-refractivity contribution in [1.29, 1.82) is 0 Å². The number of aryl methyl sites for hydroxylation is 1. The molecule has 0 aliphatic carbocycles. The van der Waals surface area contributed by atoms with E-state index < -0.39 is 10.0 Å². The largest absolute Gasteiger partial charge is 0.496 e. The van der Waals surface area contributed by atoms with E-state index >= 15 is 0 Å². The summed E-state index contributed by atoms with van der Waals surface area (Å²) in [4.78, 5) is 13.2. The summed E-state index contributed by atoms with van der Waals surface area (Å²) in [5.41, 5.74) is 2.34. The summed E-state index contributed by atoms with van der Waals surface area (Å²) < 4.78 is 44.1. The summed E-state index contributed by atoms with van der Waals surface area (Å²) in [6.07, 6.45) is 2.06. The monoisotopic (exact) mass is 489 g/mol. The minimum Gasteiger partial charge on any atom is -0.496 e. The minimum atomic E-state index is -3.72. The quantitative estimate of drug-likeness (QED) is 0.587. The van der Waals surface area contributed by atoms with Crippen LogP contribution < -0.4 is 15.4 Å². The molecule has 9 nitrogen and oxygen atoms in total. The van der Waals surface area contributed by atoms with Crippen molar-refractivity contribution in [3.8, 4) is 5.75 Å². The van der Waals surface area contributed by atoms with Crippen LogP contribution >= 0.6 is 0 Å². The van der Waals surface area contributed by atoms with Gasteiger partial charge >= 0.3 is 0 Å². The molecule has 2 aliphatic rings. The van der Waals surface area contributed by atoms with Crippen molar-refractivity contribution in [3.05, 3.63) is 47.5 Å². The lowest BCUT2D eigenvalue weighted by atomic mass is 10.1. The summed E-state index contributed by atoms with van der Waals surface area (Å²) in [7, 11) is -2.17. The van der Waals surface area contributed by atoms with E-state index in [4.69, 9.17) is 14.2 Å². The van der Waals surface area contributed by atoms with E-state index in [0.717, 1.165) is 25.0 Å². The molecule has 2 heterocycles. The molecule has 34 heavy (non-hydrogen) atoms. The van der Waals surface area contributed by atoms with E-state index in [2.05, 4.69) is 10.6 Å². The number of amides is 1. The van der Waals surface area contributed by atoms with E-state index in [1.807, 2.05) is 13.0 Å². The zero-order valence-corrected chi connectivity index (χ0v) is 20.3. The molecule has 0 spiro atoms. The Morgan fingerprint density at radius 1 is 1.12 bits per heavy atom. The van der Waals surface area contributed by atoms with Crippen molar-refractivity contribution in [1.82, 2.24) is 4.31 Å². The molecule has 2 saturated heterocycles. The lowest BCUT2D eigenvalue weighted by Crippen LogP contribution is -2.40. The van der Waals surface area contributed by atoms with Gasteiger partial charge in [-0.05, 0) is 55.7 Å². The van der Waals surface area contributed by atoms with Gasteiger partial charge in [0.05, 0.1) is 42.7 Å². The third kappa shape index (κ3) is 5.52. The van der Waals surface area contributed by atoms with Crippen molar-refractivity contribution in [2.24, 2.45) is 0 Å². The number of morpholine rings is 1. The van der Waals surface area contributed by atoms with E-state index in [-0.39, 0.29) is 16.9 Å². The van der Waals surface area contributed by atoms with Crippen LogP contribution in [0.3, 0.4) is 0 Å². The SMILES string of the molecule is COc1cc(C(=O)Nc2cc(S(=O)(=O)N3CCOCC3)ccc2NCC2CCCO2)ccc1C. The van der Waals surface area contributed by atoms with Gasteiger partial charge in [0.25, 0.3) is 5.91 Å². The van der Waals surface area contributed by atoms with E-state index in [0.29, 0.717) is 55.5 Å². The molecule has 1 amide bonds. The molecule has 10 heteroatoms. The van der Waals surface area contributed by atoms with Gasteiger partial charge in [-0.3, -0.25) is 4.79 Å². The normalized spacial score (nSPS) is 19.1. The first-order chi connectivity index (χ1) is 16.4.